The van der Waals surface area contributed by atoms with Crippen LogP contribution in [0.5, 0.6) is 0 Å². The molecule has 0 radical (unpaired) electrons. The maximum atomic E-state index is 9.16. The van der Waals surface area contributed by atoms with E-state index in [1.54, 1.807) is 0 Å². The molecule has 2 nitrogen and oxygen atoms in total. The van der Waals surface area contributed by atoms with Crippen LogP contribution in [-0.4, -0.2) is 12.1 Å². The Kier molecular flexibility index (Phi) is 4.17. The molecular weight excluding hydrogens is 175 g/mol. The molecular formula is C11H17BO2. The van der Waals surface area contributed by atoms with Crippen molar-refractivity contribution in [3.8, 4) is 0 Å². The second-order valence-electron chi connectivity index (χ2n) is 4.09. The van der Waals surface area contributed by atoms with Gasteiger partial charge in [-0.1, -0.05) is 45.0 Å². The van der Waals surface area contributed by atoms with Gasteiger partial charge in [-0.05, 0) is 16.9 Å². The molecule has 0 unspecified atom stereocenters. The number of hydrogen-bond acceptors (Lipinski definition) is 2. The lowest BCUT2D eigenvalue weighted by Gasteiger charge is -1.93. The van der Waals surface area contributed by atoms with E-state index in [0.717, 1.165) is 16.9 Å². The van der Waals surface area contributed by atoms with E-state index in [1.165, 1.54) is 0 Å². The third kappa shape index (κ3) is 3.16. The van der Waals surface area contributed by atoms with Gasteiger partial charge in [0.15, 0.2) is 0 Å². The van der Waals surface area contributed by atoms with E-state index in [-0.39, 0.29) is 0 Å². The van der Waals surface area contributed by atoms with E-state index in [9.17, 15) is 0 Å². The minimum absolute atomic E-state index is 0.539. The smallest absolute Gasteiger partial charge is 0.423 e. The topological polar surface area (TPSA) is 29.5 Å². The highest BCUT2D eigenvalue weighted by Gasteiger charge is 2.25. The van der Waals surface area contributed by atoms with E-state index < -0.39 is 7.12 Å². The van der Waals surface area contributed by atoms with Gasteiger partial charge in [0.25, 0.3) is 0 Å². The van der Waals surface area contributed by atoms with Crippen molar-refractivity contribution in [3.05, 3.63) is 29.8 Å². The monoisotopic (exact) mass is 192 g/mol. The molecule has 1 aromatic rings. The summed E-state index contributed by atoms with van der Waals surface area (Å²) >= 11 is 0. The van der Waals surface area contributed by atoms with Gasteiger partial charge >= 0.3 is 7.12 Å². The van der Waals surface area contributed by atoms with Gasteiger partial charge in [0.05, 0.1) is 6.61 Å². The summed E-state index contributed by atoms with van der Waals surface area (Å²) in [5.41, 5.74) is 2.00. The summed E-state index contributed by atoms with van der Waals surface area (Å²) in [5.74, 6) is 0.833. The van der Waals surface area contributed by atoms with Crippen LogP contribution in [0.3, 0.4) is 0 Å². The largest absolute Gasteiger partial charge is 0.491 e. The number of fused-ring (bicyclic) bond motifs is 1. The quantitative estimate of drug-likeness (QED) is 0.632. The fraction of sp³-hybridized carbons (Fsp3) is 0.455. The molecule has 0 saturated heterocycles. The van der Waals surface area contributed by atoms with Crippen LogP contribution in [-0.2, 0) is 11.3 Å². The van der Waals surface area contributed by atoms with Crippen LogP contribution in [0.2, 0.25) is 0 Å². The molecule has 1 aliphatic heterocycles. The Morgan fingerprint density at radius 3 is 2.43 bits per heavy atom. The second kappa shape index (κ2) is 5.18. The van der Waals surface area contributed by atoms with Gasteiger partial charge in [0.1, 0.15) is 0 Å². The fourth-order valence-electron chi connectivity index (χ4n) is 1.17. The Labute approximate surface area is 86.1 Å². The molecule has 0 fully saturated rings. The lowest BCUT2D eigenvalue weighted by atomic mass is 9.80. The standard InChI is InChI=1S/C7H7BO2.C4H10/c9-8-7-4-2-1-3-6(7)5-10-8;1-4(2)3/h1-4,9H,5H2;4H,1-3H3. The summed E-state index contributed by atoms with van der Waals surface area (Å²) in [6.07, 6.45) is 0. The minimum Gasteiger partial charge on any atom is -0.423 e. The van der Waals surface area contributed by atoms with Gasteiger partial charge in [-0.15, -0.1) is 0 Å². The molecule has 0 atom stereocenters. The third-order valence-electron chi connectivity index (χ3n) is 1.72. The van der Waals surface area contributed by atoms with Gasteiger partial charge in [0, 0.05) is 0 Å². The van der Waals surface area contributed by atoms with Gasteiger partial charge in [-0.25, -0.2) is 0 Å². The zero-order valence-electron chi connectivity index (χ0n) is 9.03. The van der Waals surface area contributed by atoms with E-state index >= 15 is 0 Å². The highest BCUT2D eigenvalue weighted by atomic mass is 16.5. The first kappa shape index (κ1) is 11.3. The van der Waals surface area contributed by atoms with Gasteiger partial charge < -0.3 is 9.68 Å². The van der Waals surface area contributed by atoms with Crippen molar-refractivity contribution in [2.75, 3.05) is 0 Å². The molecule has 14 heavy (non-hydrogen) atoms. The zero-order chi connectivity index (χ0) is 10.6. The normalized spacial score (nSPS) is 13.6. The molecule has 2 rings (SSSR count). The first-order chi connectivity index (χ1) is 6.61. The maximum absolute atomic E-state index is 9.16. The number of benzene rings is 1. The van der Waals surface area contributed by atoms with Crippen LogP contribution in [0, 0.1) is 5.92 Å². The van der Waals surface area contributed by atoms with Gasteiger partial charge in [0.2, 0.25) is 0 Å². The second-order valence-corrected chi connectivity index (χ2v) is 4.09. The van der Waals surface area contributed by atoms with Crippen LogP contribution in [0.15, 0.2) is 24.3 Å². The van der Waals surface area contributed by atoms with Crippen molar-refractivity contribution in [1.29, 1.82) is 0 Å². The van der Waals surface area contributed by atoms with E-state index in [1.807, 2.05) is 24.3 Å². The summed E-state index contributed by atoms with van der Waals surface area (Å²) in [7, 11) is -0.698. The molecule has 1 N–H and O–H groups in total. The molecule has 0 aromatic heterocycles. The summed E-state index contributed by atoms with van der Waals surface area (Å²) in [6.45, 7) is 7.04. The van der Waals surface area contributed by atoms with Crippen LogP contribution in [0.1, 0.15) is 26.3 Å². The minimum atomic E-state index is -0.698. The highest BCUT2D eigenvalue weighted by molar-refractivity contribution is 6.61. The first-order valence-electron chi connectivity index (χ1n) is 4.98. The molecule has 0 saturated carbocycles. The Morgan fingerprint density at radius 2 is 1.86 bits per heavy atom. The SMILES string of the molecule is CC(C)C.OB1OCc2ccccc21. The average molecular weight is 192 g/mol. The van der Waals surface area contributed by atoms with E-state index in [4.69, 9.17) is 9.68 Å². The molecule has 1 heterocycles. The molecule has 0 spiro atoms. The predicted octanol–water partition coefficient (Wildman–Crippen LogP) is 1.57. The van der Waals surface area contributed by atoms with Crippen molar-refractivity contribution in [3.63, 3.8) is 0 Å². The number of hydrogen-bond donors (Lipinski definition) is 1. The Morgan fingerprint density at radius 1 is 1.29 bits per heavy atom. The zero-order valence-corrected chi connectivity index (χ0v) is 9.03. The van der Waals surface area contributed by atoms with Crippen LogP contribution >= 0.6 is 0 Å². The lowest BCUT2D eigenvalue weighted by Crippen LogP contribution is -2.27. The van der Waals surface area contributed by atoms with Crippen molar-refractivity contribution in [2.45, 2.75) is 27.4 Å². The average Bonchev–Trinajstić information content (AvgIpc) is 2.48. The number of rotatable bonds is 0. The van der Waals surface area contributed by atoms with Crippen LogP contribution in [0.4, 0.5) is 0 Å². The van der Waals surface area contributed by atoms with Gasteiger partial charge in [-0.3, -0.25) is 0 Å². The predicted molar refractivity (Wildman–Crippen MR) is 59.3 cm³/mol. The molecule has 0 amide bonds. The van der Waals surface area contributed by atoms with Crippen molar-refractivity contribution in [2.24, 2.45) is 5.92 Å². The van der Waals surface area contributed by atoms with Gasteiger partial charge in [-0.2, -0.15) is 0 Å². The molecule has 1 aliphatic rings. The molecule has 1 aromatic carbocycles. The Hall–Kier alpha value is -0.795. The fourth-order valence-corrected chi connectivity index (χ4v) is 1.17. The lowest BCUT2D eigenvalue weighted by molar-refractivity contribution is 0.275. The summed E-state index contributed by atoms with van der Waals surface area (Å²) < 4.78 is 4.98. The van der Waals surface area contributed by atoms with Crippen molar-refractivity contribution in [1.82, 2.24) is 0 Å². The maximum Gasteiger partial charge on any atom is 0.491 e. The highest BCUT2D eigenvalue weighted by Crippen LogP contribution is 2.07. The van der Waals surface area contributed by atoms with Crippen molar-refractivity contribution >= 4 is 12.6 Å². The van der Waals surface area contributed by atoms with Crippen LogP contribution < -0.4 is 5.46 Å². The van der Waals surface area contributed by atoms with E-state index in [0.29, 0.717) is 6.61 Å². The summed E-state index contributed by atoms with van der Waals surface area (Å²) in [5, 5.41) is 9.16. The Bertz CT molecular complexity index is 284. The summed E-state index contributed by atoms with van der Waals surface area (Å²) in [6, 6.07) is 7.69. The summed E-state index contributed by atoms with van der Waals surface area (Å²) in [4.78, 5) is 0. The molecule has 0 aliphatic carbocycles. The molecule has 76 valence electrons. The van der Waals surface area contributed by atoms with E-state index in [2.05, 4.69) is 20.8 Å². The molecule has 0 bridgehead atoms. The third-order valence-corrected chi connectivity index (χ3v) is 1.72. The van der Waals surface area contributed by atoms with Crippen LogP contribution in [0.25, 0.3) is 0 Å². The Balaban J connectivity index is 0.000000213. The first-order valence-corrected chi connectivity index (χ1v) is 4.98. The molecule has 3 heteroatoms. The van der Waals surface area contributed by atoms with Crippen molar-refractivity contribution < 1.29 is 9.68 Å².